The van der Waals surface area contributed by atoms with Crippen LogP contribution in [-0.4, -0.2) is 4.98 Å². The van der Waals surface area contributed by atoms with E-state index in [9.17, 15) is 0 Å². The number of benzene rings is 1. The Morgan fingerprint density at radius 3 is 2.58 bits per heavy atom. The Hall–Kier alpha value is -1.16. The molecule has 1 atom stereocenters. The number of anilines is 2. The number of nitrogens with two attached hydrogens (primary N) is 1. The molecule has 0 spiro atoms. The molecule has 0 bridgehead atoms. The van der Waals surface area contributed by atoms with Crippen molar-refractivity contribution >= 4 is 46.4 Å². The molecule has 0 aliphatic carbocycles. The Morgan fingerprint density at radius 1 is 1.16 bits per heavy atom. The van der Waals surface area contributed by atoms with Crippen LogP contribution in [0.15, 0.2) is 30.3 Å². The Labute approximate surface area is 126 Å². The summed E-state index contributed by atoms with van der Waals surface area (Å²) in [6.07, 6.45) is 0. The number of pyridine rings is 1. The Morgan fingerprint density at radius 2 is 1.89 bits per heavy atom. The van der Waals surface area contributed by atoms with E-state index in [0.29, 0.717) is 20.9 Å². The number of rotatable bonds is 3. The van der Waals surface area contributed by atoms with Gasteiger partial charge in [-0.2, -0.15) is 0 Å². The minimum absolute atomic E-state index is 0.00993. The van der Waals surface area contributed by atoms with Crippen molar-refractivity contribution in [2.45, 2.75) is 13.0 Å². The third-order valence-electron chi connectivity index (χ3n) is 2.66. The van der Waals surface area contributed by atoms with Gasteiger partial charge in [-0.15, -0.1) is 0 Å². The van der Waals surface area contributed by atoms with Crippen LogP contribution in [0.2, 0.25) is 15.1 Å². The zero-order chi connectivity index (χ0) is 14.0. The van der Waals surface area contributed by atoms with Gasteiger partial charge in [-0.05, 0) is 30.7 Å². The number of hydrogen-bond donors (Lipinski definition) is 2. The normalized spacial score (nSPS) is 12.2. The number of aromatic nitrogens is 1. The molecule has 0 saturated heterocycles. The highest BCUT2D eigenvalue weighted by Crippen LogP contribution is 2.30. The standard InChI is InChI=1S/C13H12Cl3N3/c1-7(8-3-2-4-9(14)5-8)18-13-11(16)6-10(15)12(17)19-13/h2-7H,1H3,(H3,17,18,19). The average molecular weight is 317 g/mol. The van der Waals surface area contributed by atoms with Gasteiger partial charge in [-0.25, -0.2) is 4.98 Å². The molecule has 6 heteroatoms. The van der Waals surface area contributed by atoms with E-state index in [1.54, 1.807) is 6.07 Å². The molecule has 1 aromatic heterocycles. The van der Waals surface area contributed by atoms with Gasteiger partial charge in [0.1, 0.15) is 11.6 Å². The highest BCUT2D eigenvalue weighted by atomic mass is 35.5. The maximum Gasteiger partial charge on any atom is 0.147 e. The zero-order valence-corrected chi connectivity index (χ0v) is 12.4. The van der Waals surface area contributed by atoms with Crippen molar-refractivity contribution in [1.82, 2.24) is 4.98 Å². The maximum absolute atomic E-state index is 6.07. The Kier molecular flexibility index (Phi) is 4.40. The second kappa shape index (κ2) is 5.87. The van der Waals surface area contributed by atoms with Crippen LogP contribution >= 0.6 is 34.8 Å². The number of nitrogens with one attached hydrogen (secondary N) is 1. The zero-order valence-electron chi connectivity index (χ0n) is 10.1. The molecule has 0 aliphatic rings. The minimum atomic E-state index is -0.00993. The van der Waals surface area contributed by atoms with E-state index in [2.05, 4.69) is 10.3 Å². The first-order valence-electron chi connectivity index (χ1n) is 5.61. The fourth-order valence-electron chi connectivity index (χ4n) is 1.65. The summed E-state index contributed by atoms with van der Waals surface area (Å²) in [6.45, 7) is 1.98. The van der Waals surface area contributed by atoms with Crippen LogP contribution in [0.1, 0.15) is 18.5 Å². The summed E-state index contributed by atoms with van der Waals surface area (Å²) in [5.74, 6) is 0.739. The van der Waals surface area contributed by atoms with Crippen molar-refractivity contribution in [1.29, 1.82) is 0 Å². The topological polar surface area (TPSA) is 50.9 Å². The SMILES string of the molecule is CC(Nc1nc(N)c(Cl)cc1Cl)c1cccc(Cl)c1. The smallest absolute Gasteiger partial charge is 0.147 e. The van der Waals surface area contributed by atoms with E-state index in [1.807, 2.05) is 31.2 Å². The first-order valence-corrected chi connectivity index (χ1v) is 6.74. The van der Waals surface area contributed by atoms with Crippen LogP contribution in [0, 0.1) is 0 Å². The summed E-state index contributed by atoms with van der Waals surface area (Å²) in [6, 6.07) is 9.12. The third kappa shape index (κ3) is 3.44. The van der Waals surface area contributed by atoms with Crippen molar-refractivity contribution in [3.05, 3.63) is 51.0 Å². The van der Waals surface area contributed by atoms with Crippen LogP contribution in [-0.2, 0) is 0 Å². The molecule has 3 nitrogen and oxygen atoms in total. The summed E-state index contributed by atoms with van der Waals surface area (Å²) < 4.78 is 0. The van der Waals surface area contributed by atoms with Crippen molar-refractivity contribution in [2.75, 3.05) is 11.1 Å². The van der Waals surface area contributed by atoms with E-state index in [1.165, 1.54) is 0 Å². The number of halogens is 3. The van der Waals surface area contributed by atoms with Crippen molar-refractivity contribution in [2.24, 2.45) is 0 Å². The first-order chi connectivity index (χ1) is 8.97. The largest absolute Gasteiger partial charge is 0.382 e. The molecule has 1 aromatic carbocycles. The fraction of sp³-hybridized carbons (Fsp3) is 0.154. The van der Waals surface area contributed by atoms with Crippen LogP contribution in [0.4, 0.5) is 11.6 Å². The molecular formula is C13H12Cl3N3. The van der Waals surface area contributed by atoms with Crippen LogP contribution in [0.3, 0.4) is 0 Å². The first kappa shape index (κ1) is 14.3. The minimum Gasteiger partial charge on any atom is -0.382 e. The molecule has 0 amide bonds. The molecule has 3 N–H and O–H groups in total. The van der Waals surface area contributed by atoms with E-state index in [0.717, 1.165) is 5.56 Å². The molecule has 100 valence electrons. The molecule has 1 unspecified atom stereocenters. The second-order valence-electron chi connectivity index (χ2n) is 4.11. The monoisotopic (exact) mass is 315 g/mol. The highest BCUT2D eigenvalue weighted by molar-refractivity contribution is 6.37. The van der Waals surface area contributed by atoms with Gasteiger partial charge in [0.2, 0.25) is 0 Å². The summed E-state index contributed by atoms with van der Waals surface area (Å²) in [5, 5.41) is 4.63. The van der Waals surface area contributed by atoms with Gasteiger partial charge in [0, 0.05) is 5.02 Å². The van der Waals surface area contributed by atoms with Crippen LogP contribution < -0.4 is 11.1 Å². The molecular weight excluding hydrogens is 305 g/mol. The number of hydrogen-bond acceptors (Lipinski definition) is 3. The Balaban J connectivity index is 2.24. The lowest BCUT2D eigenvalue weighted by Gasteiger charge is -2.16. The van der Waals surface area contributed by atoms with E-state index >= 15 is 0 Å². The molecule has 0 fully saturated rings. The van der Waals surface area contributed by atoms with Gasteiger partial charge >= 0.3 is 0 Å². The lowest BCUT2D eigenvalue weighted by Crippen LogP contribution is -2.09. The van der Waals surface area contributed by atoms with Gasteiger partial charge < -0.3 is 11.1 Å². The van der Waals surface area contributed by atoms with E-state index < -0.39 is 0 Å². The van der Waals surface area contributed by atoms with Crippen LogP contribution in [0.5, 0.6) is 0 Å². The predicted molar refractivity (Wildman–Crippen MR) is 82.2 cm³/mol. The van der Waals surface area contributed by atoms with Gasteiger partial charge in [0.25, 0.3) is 0 Å². The summed E-state index contributed by atoms with van der Waals surface area (Å²) in [5.41, 5.74) is 6.69. The van der Waals surface area contributed by atoms with Gasteiger partial charge in [-0.3, -0.25) is 0 Å². The molecule has 0 aliphatic heterocycles. The van der Waals surface area contributed by atoms with Crippen molar-refractivity contribution < 1.29 is 0 Å². The van der Waals surface area contributed by atoms with Gasteiger partial charge in [0.05, 0.1) is 16.1 Å². The maximum atomic E-state index is 6.07. The average Bonchev–Trinajstić information content (AvgIpc) is 2.36. The van der Waals surface area contributed by atoms with E-state index in [4.69, 9.17) is 40.5 Å². The summed E-state index contributed by atoms with van der Waals surface area (Å²) in [7, 11) is 0. The lowest BCUT2D eigenvalue weighted by molar-refractivity contribution is 0.875. The molecule has 2 rings (SSSR count). The van der Waals surface area contributed by atoms with Crippen molar-refractivity contribution in [3.8, 4) is 0 Å². The second-order valence-corrected chi connectivity index (χ2v) is 5.36. The van der Waals surface area contributed by atoms with Crippen LogP contribution in [0.25, 0.3) is 0 Å². The third-order valence-corrected chi connectivity index (χ3v) is 3.48. The molecule has 2 aromatic rings. The predicted octanol–water partition coefficient (Wildman–Crippen LogP) is 4.80. The summed E-state index contributed by atoms with van der Waals surface area (Å²) >= 11 is 17.9. The fourth-order valence-corrected chi connectivity index (χ4v) is 2.26. The van der Waals surface area contributed by atoms with Gasteiger partial charge in [0.15, 0.2) is 0 Å². The van der Waals surface area contributed by atoms with Crippen molar-refractivity contribution in [3.63, 3.8) is 0 Å². The molecule has 1 heterocycles. The summed E-state index contributed by atoms with van der Waals surface area (Å²) in [4.78, 5) is 4.13. The molecule has 19 heavy (non-hydrogen) atoms. The quantitative estimate of drug-likeness (QED) is 0.855. The molecule has 0 saturated carbocycles. The number of nitrogen functional groups attached to an aromatic ring is 1. The lowest BCUT2D eigenvalue weighted by atomic mass is 10.1. The Bertz CT molecular complexity index is 602. The van der Waals surface area contributed by atoms with Gasteiger partial charge in [-0.1, -0.05) is 46.9 Å². The number of nitrogens with zero attached hydrogens (tertiary/aromatic N) is 1. The highest BCUT2D eigenvalue weighted by Gasteiger charge is 2.11. The molecule has 0 radical (unpaired) electrons. The van der Waals surface area contributed by atoms with E-state index in [-0.39, 0.29) is 11.9 Å².